The summed E-state index contributed by atoms with van der Waals surface area (Å²) in [5, 5.41) is 10.2. The second kappa shape index (κ2) is 6.27. The van der Waals surface area contributed by atoms with E-state index < -0.39 is 0 Å². The minimum atomic E-state index is 0.0627. The molecule has 0 saturated carbocycles. The summed E-state index contributed by atoms with van der Waals surface area (Å²) in [6.45, 7) is 6.38. The molecule has 1 heterocycles. The van der Waals surface area contributed by atoms with Crippen molar-refractivity contribution in [3.05, 3.63) is 17.5 Å². The predicted molar refractivity (Wildman–Crippen MR) is 63.0 cm³/mol. The molecule has 1 rings (SSSR count). The van der Waals surface area contributed by atoms with Gasteiger partial charge in [0.1, 0.15) is 0 Å². The first-order chi connectivity index (χ1) is 7.67. The fourth-order valence-corrected chi connectivity index (χ4v) is 1.56. The third-order valence-corrected chi connectivity index (χ3v) is 2.40. The zero-order chi connectivity index (χ0) is 12.0. The molecule has 16 heavy (non-hydrogen) atoms. The standard InChI is InChI=1S/C11H20N4O/c1-4-15-10(7-9(2)14-15)8-13-6-5-11(16)12-3/h7,13H,4-6,8H2,1-3H3,(H,12,16). The summed E-state index contributed by atoms with van der Waals surface area (Å²) in [6, 6.07) is 2.07. The Morgan fingerprint density at radius 3 is 2.94 bits per heavy atom. The van der Waals surface area contributed by atoms with E-state index in [2.05, 4.69) is 28.7 Å². The summed E-state index contributed by atoms with van der Waals surface area (Å²) in [6.07, 6.45) is 0.510. The fraction of sp³-hybridized carbons (Fsp3) is 0.636. The molecule has 5 nitrogen and oxygen atoms in total. The number of rotatable bonds is 6. The molecule has 0 saturated heterocycles. The monoisotopic (exact) mass is 224 g/mol. The highest BCUT2D eigenvalue weighted by molar-refractivity contribution is 5.75. The lowest BCUT2D eigenvalue weighted by molar-refractivity contribution is -0.120. The number of aryl methyl sites for hydroxylation is 2. The molecule has 0 fully saturated rings. The lowest BCUT2D eigenvalue weighted by atomic mass is 10.3. The molecule has 1 aromatic rings. The summed E-state index contributed by atoms with van der Waals surface area (Å²) in [5.74, 6) is 0.0627. The van der Waals surface area contributed by atoms with E-state index in [1.54, 1.807) is 7.05 Å². The van der Waals surface area contributed by atoms with E-state index in [1.807, 2.05) is 11.6 Å². The van der Waals surface area contributed by atoms with Gasteiger partial charge in [-0.25, -0.2) is 0 Å². The van der Waals surface area contributed by atoms with Gasteiger partial charge in [0, 0.05) is 33.1 Å². The van der Waals surface area contributed by atoms with Gasteiger partial charge >= 0.3 is 0 Å². The maximum absolute atomic E-state index is 11.0. The molecule has 0 aliphatic carbocycles. The number of nitrogens with one attached hydrogen (secondary N) is 2. The Hall–Kier alpha value is -1.36. The third-order valence-electron chi connectivity index (χ3n) is 2.40. The van der Waals surface area contributed by atoms with Crippen molar-refractivity contribution in [2.75, 3.05) is 13.6 Å². The van der Waals surface area contributed by atoms with Crippen LogP contribution in [0.2, 0.25) is 0 Å². The topological polar surface area (TPSA) is 59.0 Å². The van der Waals surface area contributed by atoms with Crippen molar-refractivity contribution >= 4 is 5.91 Å². The minimum absolute atomic E-state index is 0.0627. The highest BCUT2D eigenvalue weighted by Gasteiger charge is 2.03. The van der Waals surface area contributed by atoms with Gasteiger partial charge in [0.15, 0.2) is 0 Å². The summed E-state index contributed by atoms with van der Waals surface area (Å²) >= 11 is 0. The van der Waals surface area contributed by atoms with E-state index >= 15 is 0 Å². The van der Waals surface area contributed by atoms with Gasteiger partial charge in [-0.1, -0.05) is 0 Å². The third kappa shape index (κ3) is 3.66. The Morgan fingerprint density at radius 2 is 2.31 bits per heavy atom. The van der Waals surface area contributed by atoms with E-state index in [0.717, 1.165) is 24.5 Å². The lowest BCUT2D eigenvalue weighted by Crippen LogP contribution is -2.25. The van der Waals surface area contributed by atoms with Crippen LogP contribution in [0.25, 0.3) is 0 Å². The van der Waals surface area contributed by atoms with Gasteiger partial charge in [-0.05, 0) is 19.9 Å². The van der Waals surface area contributed by atoms with Crippen molar-refractivity contribution in [2.24, 2.45) is 0 Å². The van der Waals surface area contributed by atoms with Crippen LogP contribution in [0.3, 0.4) is 0 Å². The summed E-state index contributed by atoms with van der Waals surface area (Å²) in [5.41, 5.74) is 2.20. The highest BCUT2D eigenvalue weighted by Crippen LogP contribution is 2.02. The van der Waals surface area contributed by atoms with Crippen LogP contribution in [-0.4, -0.2) is 29.3 Å². The molecule has 0 spiro atoms. The molecule has 0 radical (unpaired) electrons. The molecule has 0 unspecified atom stereocenters. The molecule has 90 valence electrons. The zero-order valence-electron chi connectivity index (χ0n) is 10.2. The van der Waals surface area contributed by atoms with Crippen LogP contribution in [0.1, 0.15) is 24.7 Å². The van der Waals surface area contributed by atoms with Crippen molar-refractivity contribution in [1.29, 1.82) is 0 Å². The number of carbonyl (C=O) groups is 1. The Balaban J connectivity index is 2.34. The number of carbonyl (C=O) groups excluding carboxylic acids is 1. The summed E-state index contributed by atoms with van der Waals surface area (Å²) in [7, 11) is 1.65. The molecular formula is C11H20N4O. The normalized spacial score (nSPS) is 10.4. The van der Waals surface area contributed by atoms with Crippen molar-refractivity contribution < 1.29 is 4.79 Å². The SMILES string of the molecule is CCn1nc(C)cc1CNCCC(=O)NC. The number of nitrogens with zero attached hydrogens (tertiary/aromatic N) is 2. The maximum atomic E-state index is 11.0. The van der Waals surface area contributed by atoms with Gasteiger partial charge < -0.3 is 10.6 Å². The summed E-state index contributed by atoms with van der Waals surface area (Å²) in [4.78, 5) is 11.0. The van der Waals surface area contributed by atoms with Crippen LogP contribution in [-0.2, 0) is 17.9 Å². The number of hydrogen-bond acceptors (Lipinski definition) is 3. The van der Waals surface area contributed by atoms with Gasteiger partial charge in [0.2, 0.25) is 5.91 Å². The second-order valence-corrected chi connectivity index (χ2v) is 3.69. The largest absolute Gasteiger partial charge is 0.359 e. The van der Waals surface area contributed by atoms with Crippen molar-refractivity contribution in [1.82, 2.24) is 20.4 Å². The maximum Gasteiger partial charge on any atom is 0.221 e. The number of aromatic nitrogens is 2. The highest BCUT2D eigenvalue weighted by atomic mass is 16.1. The Bertz CT molecular complexity index is 346. The van der Waals surface area contributed by atoms with Crippen LogP contribution < -0.4 is 10.6 Å². The van der Waals surface area contributed by atoms with E-state index in [4.69, 9.17) is 0 Å². The van der Waals surface area contributed by atoms with E-state index in [1.165, 1.54) is 0 Å². The van der Waals surface area contributed by atoms with Crippen LogP contribution >= 0.6 is 0 Å². The summed E-state index contributed by atoms with van der Waals surface area (Å²) < 4.78 is 1.97. The first-order valence-electron chi connectivity index (χ1n) is 5.62. The average molecular weight is 224 g/mol. The van der Waals surface area contributed by atoms with Crippen LogP contribution in [0.4, 0.5) is 0 Å². The molecule has 1 aromatic heterocycles. The molecule has 2 N–H and O–H groups in total. The van der Waals surface area contributed by atoms with Gasteiger partial charge in [0.05, 0.1) is 11.4 Å². The number of amides is 1. The van der Waals surface area contributed by atoms with Crippen molar-refractivity contribution in [3.8, 4) is 0 Å². The predicted octanol–water partition coefficient (Wildman–Crippen LogP) is 0.437. The van der Waals surface area contributed by atoms with Crippen molar-refractivity contribution in [3.63, 3.8) is 0 Å². The molecule has 0 aliphatic rings. The second-order valence-electron chi connectivity index (χ2n) is 3.69. The lowest BCUT2D eigenvalue weighted by Gasteiger charge is -2.06. The minimum Gasteiger partial charge on any atom is -0.359 e. The van der Waals surface area contributed by atoms with Crippen molar-refractivity contribution in [2.45, 2.75) is 33.4 Å². The smallest absolute Gasteiger partial charge is 0.221 e. The molecule has 0 aromatic carbocycles. The molecule has 0 atom stereocenters. The van der Waals surface area contributed by atoms with Gasteiger partial charge in [-0.2, -0.15) is 5.10 Å². The molecule has 1 amide bonds. The molecule has 5 heteroatoms. The zero-order valence-corrected chi connectivity index (χ0v) is 10.2. The molecule has 0 bridgehead atoms. The van der Waals surface area contributed by atoms with Crippen LogP contribution in [0, 0.1) is 6.92 Å². The van der Waals surface area contributed by atoms with Gasteiger partial charge in [-0.3, -0.25) is 9.48 Å². The van der Waals surface area contributed by atoms with E-state index in [9.17, 15) is 4.79 Å². The van der Waals surface area contributed by atoms with E-state index in [-0.39, 0.29) is 5.91 Å². The Morgan fingerprint density at radius 1 is 1.56 bits per heavy atom. The average Bonchev–Trinajstić information content (AvgIpc) is 2.64. The Labute approximate surface area is 96.2 Å². The van der Waals surface area contributed by atoms with Crippen LogP contribution in [0.15, 0.2) is 6.07 Å². The quantitative estimate of drug-likeness (QED) is 0.689. The Kier molecular flexibility index (Phi) is 4.98. The first-order valence-corrected chi connectivity index (χ1v) is 5.62. The first kappa shape index (κ1) is 12.7. The fourth-order valence-electron chi connectivity index (χ4n) is 1.56. The molecule has 0 aliphatic heterocycles. The van der Waals surface area contributed by atoms with Gasteiger partial charge in [-0.15, -0.1) is 0 Å². The van der Waals surface area contributed by atoms with E-state index in [0.29, 0.717) is 13.0 Å². The van der Waals surface area contributed by atoms with Crippen LogP contribution in [0.5, 0.6) is 0 Å². The van der Waals surface area contributed by atoms with Gasteiger partial charge in [0.25, 0.3) is 0 Å². The molecular weight excluding hydrogens is 204 g/mol. The number of hydrogen-bond donors (Lipinski definition) is 2.